The summed E-state index contributed by atoms with van der Waals surface area (Å²) in [6.07, 6.45) is -0.138. The fourth-order valence-electron chi connectivity index (χ4n) is 3.62. The molecule has 2 heterocycles. The van der Waals surface area contributed by atoms with Crippen LogP contribution in [0.25, 0.3) is 10.9 Å². The van der Waals surface area contributed by atoms with Gasteiger partial charge in [-0.3, -0.25) is 4.79 Å². The number of carbonyl (C=O) groups excluding carboxylic acids is 1. The molecule has 138 valence electrons. The number of anilines is 1. The minimum atomic E-state index is -0.115. The van der Waals surface area contributed by atoms with Gasteiger partial charge in [0.1, 0.15) is 11.9 Å². The SMILES string of the molecule is CNc1cc(C(=O)N2C[C@H](C)O[C@@H](c3ccccc3)C2)c2ccccc2n1. The van der Waals surface area contributed by atoms with Gasteiger partial charge in [-0.25, -0.2) is 4.98 Å². The van der Waals surface area contributed by atoms with Gasteiger partial charge in [-0.2, -0.15) is 0 Å². The number of carbonyl (C=O) groups is 1. The van der Waals surface area contributed by atoms with Crippen molar-refractivity contribution in [1.82, 2.24) is 9.88 Å². The van der Waals surface area contributed by atoms with Crippen LogP contribution in [-0.4, -0.2) is 42.0 Å². The maximum Gasteiger partial charge on any atom is 0.254 e. The molecule has 0 bridgehead atoms. The highest BCUT2D eigenvalue weighted by Gasteiger charge is 2.30. The van der Waals surface area contributed by atoms with Gasteiger partial charge in [-0.05, 0) is 24.6 Å². The standard InChI is InChI=1S/C22H23N3O2/c1-15-13-25(14-20(27-15)16-8-4-3-5-9-16)22(26)18-12-21(23-2)24-19-11-7-6-10-17(18)19/h3-12,15,20H,13-14H2,1-2H3,(H,23,24)/t15-,20+/m0/s1. The summed E-state index contributed by atoms with van der Waals surface area (Å²) in [5, 5.41) is 3.93. The number of ether oxygens (including phenoxy) is 1. The molecule has 1 N–H and O–H groups in total. The molecule has 5 heteroatoms. The summed E-state index contributed by atoms with van der Waals surface area (Å²) in [4.78, 5) is 19.9. The Hall–Kier alpha value is -2.92. The number of aromatic nitrogens is 1. The Balaban J connectivity index is 1.69. The molecule has 1 amide bonds. The van der Waals surface area contributed by atoms with E-state index in [1.807, 2.05) is 79.5 Å². The Morgan fingerprint density at radius 3 is 2.63 bits per heavy atom. The number of benzene rings is 2. The van der Waals surface area contributed by atoms with Crippen molar-refractivity contribution < 1.29 is 9.53 Å². The zero-order valence-corrected chi connectivity index (χ0v) is 15.6. The van der Waals surface area contributed by atoms with Crippen molar-refractivity contribution in [3.8, 4) is 0 Å². The highest BCUT2D eigenvalue weighted by Crippen LogP contribution is 2.28. The van der Waals surface area contributed by atoms with Gasteiger partial charge < -0.3 is 15.0 Å². The van der Waals surface area contributed by atoms with E-state index < -0.39 is 0 Å². The highest BCUT2D eigenvalue weighted by atomic mass is 16.5. The van der Waals surface area contributed by atoms with E-state index in [9.17, 15) is 4.79 Å². The average Bonchev–Trinajstić information content (AvgIpc) is 2.72. The van der Waals surface area contributed by atoms with Gasteiger partial charge in [-0.1, -0.05) is 48.5 Å². The number of amides is 1. The number of para-hydroxylation sites is 1. The molecule has 0 radical (unpaired) electrons. The van der Waals surface area contributed by atoms with Gasteiger partial charge >= 0.3 is 0 Å². The van der Waals surface area contributed by atoms with Crippen molar-refractivity contribution in [2.24, 2.45) is 0 Å². The third-order valence-electron chi connectivity index (χ3n) is 4.92. The quantitative estimate of drug-likeness (QED) is 0.769. The Labute approximate surface area is 159 Å². The maximum atomic E-state index is 13.4. The first-order valence-electron chi connectivity index (χ1n) is 9.23. The number of fused-ring (bicyclic) bond motifs is 1. The largest absolute Gasteiger partial charge is 0.373 e. The summed E-state index contributed by atoms with van der Waals surface area (Å²) in [6, 6.07) is 19.7. The second kappa shape index (κ2) is 7.37. The van der Waals surface area contributed by atoms with Crippen LogP contribution in [0, 0.1) is 0 Å². The molecule has 1 aliphatic rings. The van der Waals surface area contributed by atoms with Crippen LogP contribution in [0.1, 0.15) is 28.9 Å². The molecule has 5 nitrogen and oxygen atoms in total. The van der Waals surface area contributed by atoms with E-state index in [0.29, 0.717) is 24.5 Å². The van der Waals surface area contributed by atoms with Crippen LogP contribution < -0.4 is 5.32 Å². The lowest BCUT2D eigenvalue weighted by molar-refractivity contribution is -0.0691. The first-order chi connectivity index (χ1) is 13.2. The van der Waals surface area contributed by atoms with Crippen LogP contribution in [0.3, 0.4) is 0 Å². The molecule has 4 rings (SSSR count). The van der Waals surface area contributed by atoms with E-state index in [2.05, 4.69) is 10.3 Å². The minimum absolute atomic E-state index is 0.0150. The lowest BCUT2D eigenvalue weighted by Gasteiger charge is -2.37. The maximum absolute atomic E-state index is 13.4. The van der Waals surface area contributed by atoms with E-state index >= 15 is 0 Å². The Morgan fingerprint density at radius 1 is 1.11 bits per heavy atom. The second-order valence-electron chi connectivity index (χ2n) is 6.88. The van der Waals surface area contributed by atoms with Crippen molar-refractivity contribution in [3.63, 3.8) is 0 Å². The van der Waals surface area contributed by atoms with Crippen LogP contribution in [0.4, 0.5) is 5.82 Å². The Morgan fingerprint density at radius 2 is 1.85 bits per heavy atom. The normalized spacial score (nSPS) is 19.9. The summed E-state index contributed by atoms with van der Waals surface area (Å²) >= 11 is 0. The molecule has 2 aromatic carbocycles. The van der Waals surface area contributed by atoms with E-state index in [1.165, 1.54) is 0 Å². The molecule has 1 aromatic heterocycles. The van der Waals surface area contributed by atoms with Gasteiger partial charge in [0, 0.05) is 19.0 Å². The van der Waals surface area contributed by atoms with Crippen LogP contribution >= 0.6 is 0 Å². The van der Waals surface area contributed by atoms with Crippen LogP contribution in [0.5, 0.6) is 0 Å². The molecular weight excluding hydrogens is 338 g/mol. The van der Waals surface area contributed by atoms with E-state index in [0.717, 1.165) is 16.5 Å². The van der Waals surface area contributed by atoms with Gasteiger partial charge in [0.15, 0.2) is 0 Å². The van der Waals surface area contributed by atoms with E-state index in [4.69, 9.17) is 4.74 Å². The summed E-state index contributed by atoms with van der Waals surface area (Å²) in [7, 11) is 1.81. The zero-order chi connectivity index (χ0) is 18.8. The number of nitrogens with zero attached hydrogens (tertiary/aromatic N) is 2. The van der Waals surface area contributed by atoms with Crippen LogP contribution in [0.2, 0.25) is 0 Å². The van der Waals surface area contributed by atoms with Crippen LogP contribution in [-0.2, 0) is 4.74 Å². The van der Waals surface area contributed by atoms with Crippen molar-refractivity contribution >= 4 is 22.6 Å². The number of pyridine rings is 1. The second-order valence-corrected chi connectivity index (χ2v) is 6.88. The van der Waals surface area contributed by atoms with Gasteiger partial charge in [0.25, 0.3) is 5.91 Å². The minimum Gasteiger partial charge on any atom is -0.373 e. The molecule has 1 fully saturated rings. The lowest BCUT2D eigenvalue weighted by Crippen LogP contribution is -2.46. The number of nitrogens with one attached hydrogen (secondary N) is 1. The van der Waals surface area contributed by atoms with Crippen molar-refractivity contribution in [1.29, 1.82) is 0 Å². The molecule has 0 saturated carbocycles. The fraction of sp³-hybridized carbons (Fsp3) is 0.273. The number of hydrogen-bond acceptors (Lipinski definition) is 4. The van der Waals surface area contributed by atoms with Gasteiger partial charge in [-0.15, -0.1) is 0 Å². The third-order valence-corrected chi connectivity index (χ3v) is 4.92. The van der Waals surface area contributed by atoms with Crippen LogP contribution in [0.15, 0.2) is 60.7 Å². The topological polar surface area (TPSA) is 54.5 Å². The smallest absolute Gasteiger partial charge is 0.254 e. The predicted molar refractivity (Wildman–Crippen MR) is 107 cm³/mol. The zero-order valence-electron chi connectivity index (χ0n) is 15.6. The predicted octanol–water partition coefficient (Wildman–Crippen LogP) is 3.88. The van der Waals surface area contributed by atoms with Gasteiger partial charge in [0.05, 0.1) is 23.7 Å². The lowest BCUT2D eigenvalue weighted by atomic mass is 10.0. The van der Waals surface area contributed by atoms with E-state index in [-0.39, 0.29) is 18.1 Å². The number of rotatable bonds is 3. The van der Waals surface area contributed by atoms with E-state index in [1.54, 1.807) is 0 Å². The van der Waals surface area contributed by atoms with Crippen molar-refractivity contribution in [2.45, 2.75) is 19.1 Å². The summed E-state index contributed by atoms with van der Waals surface area (Å²) in [6.45, 7) is 3.13. The molecule has 27 heavy (non-hydrogen) atoms. The first-order valence-corrected chi connectivity index (χ1v) is 9.23. The summed E-state index contributed by atoms with van der Waals surface area (Å²) < 4.78 is 6.10. The molecule has 2 atom stereocenters. The average molecular weight is 361 g/mol. The molecule has 0 spiro atoms. The molecular formula is C22H23N3O2. The van der Waals surface area contributed by atoms with Crippen molar-refractivity contribution in [2.75, 3.05) is 25.5 Å². The molecule has 1 aliphatic heterocycles. The fourth-order valence-corrected chi connectivity index (χ4v) is 3.62. The number of hydrogen-bond donors (Lipinski definition) is 1. The Kier molecular flexibility index (Phi) is 4.77. The first kappa shape index (κ1) is 17.5. The molecule has 3 aromatic rings. The van der Waals surface area contributed by atoms with Gasteiger partial charge in [0.2, 0.25) is 0 Å². The third kappa shape index (κ3) is 3.51. The number of morpholine rings is 1. The summed E-state index contributed by atoms with van der Waals surface area (Å²) in [5.41, 5.74) is 2.58. The highest BCUT2D eigenvalue weighted by molar-refractivity contribution is 6.07. The van der Waals surface area contributed by atoms with Crippen molar-refractivity contribution in [3.05, 3.63) is 71.8 Å². The summed E-state index contributed by atoms with van der Waals surface area (Å²) in [5.74, 6) is 0.708. The molecule has 0 unspecified atom stereocenters. The molecule has 0 aliphatic carbocycles. The monoisotopic (exact) mass is 361 g/mol. The molecule has 1 saturated heterocycles. The Bertz CT molecular complexity index is 958.